The number of hydrogen-bond acceptors (Lipinski definition) is 3. The fourth-order valence-corrected chi connectivity index (χ4v) is 2.06. The molecule has 1 rings (SSSR count). The Labute approximate surface area is 101 Å². The van der Waals surface area contributed by atoms with Gasteiger partial charge < -0.3 is 4.74 Å². The standard InChI is InChI=1S/C11H15ClO3S/c1-3-8-15-9(2)10-4-6-11(7-5-10)16(12,13)14/h4-7,9H,3,8H2,1-2H3/t9-/m1/s1. The molecule has 0 spiro atoms. The lowest BCUT2D eigenvalue weighted by molar-refractivity contribution is 0.0662. The maximum atomic E-state index is 11.0. The predicted octanol–water partition coefficient (Wildman–Crippen LogP) is 3.10. The summed E-state index contributed by atoms with van der Waals surface area (Å²) in [5.41, 5.74) is 0.942. The van der Waals surface area contributed by atoms with Crippen molar-refractivity contribution in [3.8, 4) is 0 Å². The Hall–Kier alpha value is -0.580. The van der Waals surface area contributed by atoms with Crippen LogP contribution in [-0.4, -0.2) is 15.0 Å². The van der Waals surface area contributed by atoms with Crippen molar-refractivity contribution in [1.82, 2.24) is 0 Å². The molecule has 0 aliphatic rings. The van der Waals surface area contributed by atoms with E-state index in [0.717, 1.165) is 12.0 Å². The van der Waals surface area contributed by atoms with Crippen molar-refractivity contribution in [3.05, 3.63) is 29.8 Å². The second-order valence-corrected chi connectivity index (χ2v) is 6.09. The van der Waals surface area contributed by atoms with Crippen molar-refractivity contribution < 1.29 is 13.2 Å². The van der Waals surface area contributed by atoms with Crippen molar-refractivity contribution in [2.45, 2.75) is 31.3 Å². The lowest BCUT2D eigenvalue weighted by Gasteiger charge is -2.12. The van der Waals surface area contributed by atoms with Gasteiger partial charge in [-0.2, -0.15) is 0 Å². The molecule has 0 fully saturated rings. The summed E-state index contributed by atoms with van der Waals surface area (Å²) in [5, 5.41) is 0. The first kappa shape index (κ1) is 13.5. The first-order valence-electron chi connectivity index (χ1n) is 5.11. The molecule has 5 heteroatoms. The summed E-state index contributed by atoms with van der Waals surface area (Å²) in [5.74, 6) is 0. The molecule has 0 bridgehead atoms. The van der Waals surface area contributed by atoms with Crippen LogP contribution in [0, 0.1) is 0 Å². The van der Waals surface area contributed by atoms with Crippen LogP contribution in [0.4, 0.5) is 0 Å². The average Bonchev–Trinajstić information content (AvgIpc) is 2.25. The molecular formula is C11H15ClO3S. The average molecular weight is 263 g/mol. The highest BCUT2D eigenvalue weighted by Crippen LogP contribution is 2.21. The van der Waals surface area contributed by atoms with E-state index in [4.69, 9.17) is 15.4 Å². The lowest BCUT2D eigenvalue weighted by atomic mass is 10.1. The number of ether oxygens (including phenoxy) is 1. The molecule has 0 aromatic heterocycles. The molecule has 0 radical (unpaired) electrons. The van der Waals surface area contributed by atoms with Gasteiger partial charge in [-0.05, 0) is 31.0 Å². The Morgan fingerprint density at radius 3 is 2.31 bits per heavy atom. The molecule has 16 heavy (non-hydrogen) atoms. The van der Waals surface area contributed by atoms with Crippen LogP contribution in [0.3, 0.4) is 0 Å². The zero-order valence-electron chi connectivity index (χ0n) is 9.31. The molecule has 1 atom stereocenters. The maximum Gasteiger partial charge on any atom is 0.261 e. The van der Waals surface area contributed by atoms with Gasteiger partial charge in [-0.3, -0.25) is 0 Å². The third kappa shape index (κ3) is 3.77. The van der Waals surface area contributed by atoms with E-state index in [1.54, 1.807) is 12.1 Å². The lowest BCUT2D eigenvalue weighted by Crippen LogP contribution is -2.01. The molecule has 0 amide bonds. The first-order valence-corrected chi connectivity index (χ1v) is 7.42. The van der Waals surface area contributed by atoms with Crippen LogP contribution in [0.1, 0.15) is 31.9 Å². The van der Waals surface area contributed by atoms with Crippen molar-refractivity contribution >= 4 is 19.7 Å². The minimum absolute atomic E-state index is 0.0352. The third-order valence-corrected chi connectivity index (χ3v) is 3.57. The van der Waals surface area contributed by atoms with Crippen molar-refractivity contribution in [2.75, 3.05) is 6.61 Å². The van der Waals surface area contributed by atoms with E-state index in [2.05, 4.69) is 0 Å². The van der Waals surface area contributed by atoms with Crippen LogP contribution in [0.5, 0.6) is 0 Å². The second kappa shape index (κ2) is 5.66. The number of halogens is 1. The van der Waals surface area contributed by atoms with Gasteiger partial charge in [-0.25, -0.2) is 8.42 Å². The zero-order valence-corrected chi connectivity index (χ0v) is 10.9. The molecule has 0 aliphatic carbocycles. The van der Waals surface area contributed by atoms with Crippen LogP contribution < -0.4 is 0 Å². The largest absolute Gasteiger partial charge is 0.374 e. The minimum Gasteiger partial charge on any atom is -0.374 e. The monoisotopic (exact) mass is 262 g/mol. The van der Waals surface area contributed by atoms with E-state index >= 15 is 0 Å². The summed E-state index contributed by atoms with van der Waals surface area (Å²) < 4.78 is 27.6. The Morgan fingerprint density at radius 2 is 1.88 bits per heavy atom. The van der Waals surface area contributed by atoms with Crippen LogP contribution in [0.25, 0.3) is 0 Å². The topological polar surface area (TPSA) is 43.4 Å². The third-order valence-electron chi connectivity index (χ3n) is 2.20. The molecule has 1 aromatic rings. The van der Waals surface area contributed by atoms with Crippen molar-refractivity contribution in [2.24, 2.45) is 0 Å². The summed E-state index contributed by atoms with van der Waals surface area (Å²) in [4.78, 5) is 0.112. The molecule has 1 aromatic carbocycles. The Bertz CT molecular complexity index is 425. The summed E-state index contributed by atoms with van der Waals surface area (Å²) in [7, 11) is 1.58. The van der Waals surface area contributed by atoms with Gasteiger partial charge in [0.25, 0.3) is 9.05 Å². The molecule has 0 aliphatic heterocycles. The van der Waals surface area contributed by atoms with Gasteiger partial charge in [-0.1, -0.05) is 19.1 Å². The number of benzene rings is 1. The van der Waals surface area contributed by atoms with Gasteiger partial charge in [0, 0.05) is 17.3 Å². The molecule has 0 saturated heterocycles. The molecule has 0 saturated carbocycles. The molecule has 0 heterocycles. The van der Waals surface area contributed by atoms with Crippen LogP contribution in [-0.2, 0) is 13.8 Å². The molecule has 0 unspecified atom stereocenters. The molecule has 90 valence electrons. The summed E-state index contributed by atoms with van der Waals surface area (Å²) >= 11 is 0. The maximum absolute atomic E-state index is 11.0. The van der Waals surface area contributed by atoms with E-state index < -0.39 is 9.05 Å². The van der Waals surface area contributed by atoms with Crippen LogP contribution in [0.15, 0.2) is 29.2 Å². The predicted molar refractivity (Wildman–Crippen MR) is 64.1 cm³/mol. The molecular weight excluding hydrogens is 248 g/mol. The Morgan fingerprint density at radius 1 is 1.31 bits per heavy atom. The van der Waals surface area contributed by atoms with E-state index in [1.165, 1.54) is 12.1 Å². The van der Waals surface area contributed by atoms with Gasteiger partial charge in [0.15, 0.2) is 0 Å². The van der Waals surface area contributed by atoms with E-state index in [0.29, 0.717) is 6.61 Å². The molecule has 0 N–H and O–H groups in total. The Kier molecular flexibility index (Phi) is 4.77. The van der Waals surface area contributed by atoms with Gasteiger partial charge >= 0.3 is 0 Å². The summed E-state index contributed by atoms with van der Waals surface area (Å²) in [6, 6.07) is 6.41. The highest BCUT2D eigenvalue weighted by atomic mass is 35.7. The summed E-state index contributed by atoms with van der Waals surface area (Å²) in [6.45, 7) is 4.66. The van der Waals surface area contributed by atoms with Crippen molar-refractivity contribution in [3.63, 3.8) is 0 Å². The minimum atomic E-state index is -3.63. The van der Waals surface area contributed by atoms with Crippen LogP contribution >= 0.6 is 10.7 Å². The zero-order chi connectivity index (χ0) is 12.2. The van der Waals surface area contributed by atoms with Gasteiger partial charge in [-0.15, -0.1) is 0 Å². The van der Waals surface area contributed by atoms with Gasteiger partial charge in [0.05, 0.1) is 11.0 Å². The Balaban J connectivity index is 2.79. The first-order chi connectivity index (χ1) is 7.45. The smallest absolute Gasteiger partial charge is 0.261 e. The van der Waals surface area contributed by atoms with E-state index in [-0.39, 0.29) is 11.0 Å². The van der Waals surface area contributed by atoms with E-state index in [9.17, 15) is 8.42 Å². The summed E-state index contributed by atoms with van der Waals surface area (Å²) in [6.07, 6.45) is 0.922. The fourth-order valence-electron chi connectivity index (χ4n) is 1.29. The van der Waals surface area contributed by atoms with Gasteiger partial charge in [0.2, 0.25) is 0 Å². The SMILES string of the molecule is CCCO[C@H](C)c1ccc(S(=O)(=O)Cl)cc1. The molecule has 3 nitrogen and oxygen atoms in total. The number of hydrogen-bond donors (Lipinski definition) is 0. The van der Waals surface area contributed by atoms with Gasteiger partial charge in [0.1, 0.15) is 0 Å². The highest BCUT2D eigenvalue weighted by molar-refractivity contribution is 8.13. The normalized spacial score (nSPS) is 13.7. The highest BCUT2D eigenvalue weighted by Gasteiger charge is 2.11. The number of rotatable bonds is 5. The van der Waals surface area contributed by atoms with Crippen molar-refractivity contribution in [1.29, 1.82) is 0 Å². The quantitative estimate of drug-likeness (QED) is 0.766. The van der Waals surface area contributed by atoms with E-state index in [1.807, 2.05) is 13.8 Å². The van der Waals surface area contributed by atoms with Crippen LogP contribution in [0.2, 0.25) is 0 Å². The fraction of sp³-hybridized carbons (Fsp3) is 0.455. The second-order valence-electron chi connectivity index (χ2n) is 3.52.